The maximum absolute atomic E-state index is 5.73. The normalized spacial score (nSPS) is 18.4. The van der Waals surface area contributed by atoms with Crippen molar-refractivity contribution in [2.75, 3.05) is 0 Å². The summed E-state index contributed by atoms with van der Waals surface area (Å²) >= 11 is 1.85. The van der Waals surface area contributed by atoms with Crippen molar-refractivity contribution in [1.29, 1.82) is 0 Å². The minimum atomic E-state index is 0.438. The third kappa shape index (κ3) is 3.11. The molecular weight excluding hydrogens is 264 g/mol. The Morgan fingerprint density at radius 1 is 1.25 bits per heavy atom. The Morgan fingerprint density at radius 3 is 2.90 bits per heavy atom. The average Bonchev–Trinajstić information content (AvgIpc) is 2.96. The van der Waals surface area contributed by atoms with Gasteiger partial charge in [-0.1, -0.05) is 30.3 Å². The third-order valence-corrected chi connectivity index (χ3v) is 5.26. The lowest BCUT2D eigenvalue weighted by atomic mass is 9.74. The monoisotopic (exact) mass is 286 g/mol. The van der Waals surface area contributed by atoms with E-state index < -0.39 is 0 Å². The summed E-state index contributed by atoms with van der Waals surface area (Å²) in [4.78, 5) is 1.48. The Labute approximate surface area is 125 Å². The van der Waals surface area contributed by atoms with Crippen LogP contribution in [-0.2, 0) is 12.8 Å². The smallest absolute Gasteiger partial charge is 0.0216 e. The van der Waals surface area contributed by atoms with Gasteiger partial charge in [-0.25, -0.2) is 0 Å². The number of hydrogen-bond donors (Lipinski definition) is 2. The van der Waals surface area contributed by atoms with Crippen LogP contribution in [-0.4, -0.2) is 6.04 Å². The van der Waals surface area contributed by atoms with Crippen LogP contribution in [0.25, 0.3) is 0 Å². The van der Waals surface area contributed by atoms with E-state index in [0.717, 1.165) is 12.8 Å². The molecule has 2 aromatic rings. The van der Waals surface area contributed by atoms with Gasteiger partial charge in [0.05, 0.1) is 0 Å². The van der Waals surface area contributed by atoms with Gasteiger partial charge in [0.15, 0.2) is 0 Å². The molecule has 0 radical (unpaired) electrons. The summed E-state index contributed by atoms with van der Waals surface area (Å²) in [5.41, 5.74) is 6.07. The quantitative estimate of drug-likeness (QED) is 0.602. The van der Waals surface area contributed by atoms with Gasteiger partial charge in [0.1, 0.15) is 0 Å². The second-order valence-corrected chi connectivity index (χ2v) is 6.70. The van der Waals surface area contributed by atoms with Crippen LogP contribution in [0.2, 0.25) is 0 Å². The highest BCUT2D eigenvalue weighted by atomic mass is 32.1. The van der Waals surface area contributed by atoms with Gasteiger partial charge in [-0.3, -0.25) is 11.3 Å². The molecule has 0 aliphatic heterocycles. The summed E-state index contributed by atoms with van der Waals surface area (Å²) < 4.78 is 0. The molecule has 1 aromatic carbocycles. The first-order chi connectivity index (χ1) is 9.86. The molecule has 106 valence electrons. The predicted octanol–water partition coefficient (Wildman–Crippen LogP) is 3.63. The van der Waals surface area contributed by atoms with E-state index in [2.05, 4.69) is 47.2 Å². The first-order valence-corrected chi connectivity index (χ1v) is 8.31. The van der Waals surface area contributed by atoms with E-state index in [1.165, 1.54) is 35.3 Å². The van der Waals surface area contributed by atoms with E-state index >= 15 is 0 Å². The summed E-state index contributed by atoms with van der Waals surface area (Å²) in [7, 11) is 0. The molecule has 3 heteroatoms. The van der Waals surface area contributed by atoms with Crippen LogP contribution in [0.5, 0.6) is 0 Å². The Kier molecular flexibility index (Phi) is 4.51. The Bertz CT molecular complexity index is 536. The van der Waals surface area contributed by atoms with Crippen molar-refractivity contribution in [2.45, 2.75) is 44.1 Å². The van der Waals surface area contributed by atoms with Crippen molar-refractivity contribution in [3.63, 3.8) is 0 Å². The van der Waals surface area contributed by atoms with E-state index in [4.69, 9.17) is 5.84 Å². The van der Waals surface area contributed by atoms with Crippen LogP contribution < -0.4 is 11.3 Å². The second kappa shape index (κ2) is 6.53. The van der Waals surface area contributed by atoms with E-state index in [9.17, 15) is 0 Å². The van der Waals surface area contributed by atoms with Crippen molar-refractivity contribution in [1.82, 2.24) is 5.43 Å². The van der Waals surface area contributed by atoms with E-state index in [-0.39, 0.29) is 0 Å². The number of hydrogen-bond acceptors (Lipinski definition) is 3. The van der Waals surface area contributed by atoms with Gasteiger partial charge >= 0.3 is 0 Å². The van der Waals surface area contributed by atoms with Crippen LogP contribution in [0, 0.1) is 0 Å². The summed E-state index contributed by atoms with van der Waals surface area (Å²) in [5.74, 6) is 6.43. The highest BCUT2D eigenvalue weighted by molar-refractivity contribution is 7.09. The molecule has 0 spiro atoms. The standard InChI is InChI=1S/C17H22N2S/c18-19-15(6-3-7-16-8-4-10-20-16)12-14-11-13-5-1-2-9-17(13)14/h1-2,4-5,8-10,14-15,19H,3,6-7,11-12,18H2. The predicted molar refractivity (Wildman–Crippen MR) is 85.9 cm³/mol. The van der Waals surface area contributed by atoms with Gasteiger partial charge < -0.3 is 0 Å². The van der Waals surface area contributed by atoms with Crippen LogP contribution in [0.15, 0.2) is 41.8 Å². The van der Waals surface area contributed by atoms with Crippen molar-refractivity contribution in [3.8, 4) is 0 Å². The minimum absolute atomic E-state index is 0.438. The number of nitrogens with one attached hydrogen (secondary N) is 1. The van der Waals surface area contributed by atoms with Crippen molar-refractivity contribution in [3.05, 3.63) is 57.8 Å². The van der Waals surface area contributed by atoms with Crippen molar-refractivity contribution < 1.29 is 0 Å². The minimum Gasteiger partial charge on any atom is -0.271 e. The summed E-state index contributed by atoms with van der Waals surface area (Å²) in [6.07, 6.45) is 5.94. The molecule has 0 saturated heterocycles. The maximum Gasteiger partial charge on any atom is 0.0216 e. The summed E-state index contributed by atoms with van der Waals surface area (Å²) in [5, 5.41) is 2.15. The molecule has 3 N–H and O–H groups in total. The second-order valence-electron chi connectivity index (χ2n) is 5.67. The molecular formula is C17H22N2S. The van der Waals surface area contributed by atoms with Crippen LogP contribution >= 0.6 is 11.3 Å². The molecule has 2 nitrogen and oxygen atoms in total. The van der Waals surface area contributed by atoms with Gasteiger partial charge in [-0.2, -0.15) is 0 Å². The lowest BCUT2D eigenvalue weighted by Crippen LogP contribution is -2.38. The van der Waals surface area contributed by atoms with E-state index in [0.29, 0.717) is 12.0 Å². The lowest BCUT2D eigenvalue weighted by molar-refractivity contribution is 0.397. The first-order valence-electron chi connectivity index (χ1n) is 7.43. The number of aryl methyl sites for hydroxylation is 1. The van der Waals surface area contributed by atoms with Crippen molar-refractivity contribution >= 4 is 11.3 Å². The fourth-order valence-electron chi connectivity index (χ4n) is 3.16. The molecule has 1 aliphatic rings. The topological polar surface area (TPSA) is 38.0 Å². The number of rotatable bonds is 7. The SMILES string of the molecule is NNC(CCCc1cccs1)CC1Cc2ccccc21. The zero-order valence-corrected chi connectivity index (χ0v) is 12.5. The molecule has 0 fully saturated rings. The van der Waals surface area contributed by atoms with Gasteiger partial charge in [-0.15, -0.1) is 11.3 Å². The Balaban J connectivity index is 1.46. The molecule has 20 heavy (non-hydrogen) atoms. The molecule has 0 bridgehead atoms. The molecule has 3 rings (SSSR count). The largest absolute Gasteiger partial charge is 0.271 e. The molecule has 2 unspecified atom stereocenters. The molecule has 0 amide bonds. The first kappa shape index (κ1) is 13.8. The van der Waals surface area contributed by atoms with Gasteiger partial charge in [-0.05, 0) is 60.6 Å². The summed E-state index contributed by atoms with van der Waals surface area (Å²) in [6.45, 7) is 0. The number of nitrogens with two attached hydrogens (primary N) is 1. The Morgan fingerprint density at radius 2 is 2.15 bits per heavy atom. The molecule has 0 saturated carbocycles. The van der Waals surface area contributed by atoms with Crippen molar-refractivity contribution in [2.24, 2.45) is 5.84 Å². The molecule has 1 heterocycles. The zero-order chi connectivity index (χ0) is 13.8. The molecule has 1 aliphatic carbocycles. The highest BCUT2D eigenvalue weighted by Crippen LogP contribution is 2.38. The van der Waals surface area contributed by atoms with Crippen LogP contribution in [0.3, 0.4) is 0 Å². The number of thiophene rings is 1. The number of benzene rings is 1. The van der Waals surface area contributed by atoms with E-state index in [1.54, 1.807) is 0 Å². The van der Waals surface area contributed by atoms with Crippen LogP contribution in [0.1, 0.15) is 41.2 Å². The highest BCUT2D eigenvalue weighted by Gasteiger charge is 2.27. The zero-order valence-electron chi connectivity index (χ0n) is 11.7. The van der Waals surface area contributed by atoms with Gasteiger partial charge in [0.25, 0.3) is 0 Å². The fraction of sp³-hybridized carbons (Fsp3) is 0.412. The summed E-state index contributed by atoms with van der Waals surface area (Å²) in [6, 6.07) is 13.6. The average molecular weight is 286 g/mol. The number of hydrazine groups is 1. The van der Waals surface area contributed by atoms with E-state index in [1.807, 2.05) is 11.3 Å². The molecule has 1 aromatic heterocycles. The van der Waals surface area contributed by atoms with Gasteiger partial charge in [0, 0.05) is 10.9 Å². The fourth-order valence-corrected chi connectivity index (χ4v) is 3.91. The lowest BCUT2D eigenvalue weighted by Gasteiger charge is -2.33. The molecule has 2 atom stereocenters. The van der Waals surface area contributed by atoms with Crippen LogP contribution in [0.4, 0.5) is 0 Å². The van der Waals surface area contributed by atoms with Gasteiger partial charge in [0.2, 0.25) is 0 Å². The third-order valence-electron chi connectivity index (χ3n) is 4.32. The maximum atomic E-state index is 5.73. The Hall–Kier alpha value is -1.16. The number of fused-ring (bicyclic) bond motifs is 1.